The molecule has 56 valence electrons. The minimum Gasteiger partial charge on any atom is -0.475 e. The second-order valence-corrected chi connectivity index (χ2v) is 2.73. The molecule has 0 unspecified atom stereocenters. The van der Waals surface area contributed by atoms with Gasteiger partial charge in [-0.1, -0.05) is 11.6 Å². The molecule has 1 N–H and O–H groups in total. The summed E-state index contributed by atoms with van der Waals surface area (Å²) in [6.07, 6.45) is 1.91. The van der Waals surface area contributed by atoms with E-state index in [2.05, 4.69) is 4.98 Å². The van der Waals surface area contributed by atoms with Crippen molar-refractivity contribution < 1.29 is 4.74 Å². The lowest BCUT2D eigenvalue weighted by Crippen LogP contribution is -2.05. The molecule has 3 heteroatoms. The Morgan fingerprint density at radius 3 is 2.70 bits per heavy atom. The summed E-state index contributed by atoms with van der Waals surface area (Å²) in [5.74, 6) is 0.650. The van der Waals surface area contributed by atoms with Gasteiger partial charge in [0.25, 0.3) is 0 Å². The zero-order valence-corrected chi connectivity index (χ0v) is 6.77. The third-order valence-electron chi connectivity index (χ3n) is 1.01. The van der Waals surface area contributed by atoms with Gasteiger partial charge in [-0.15, -0.1) is 0 Å². The fourth-order valence-electron chi connectivity index (χ4n) is 0.661. The number of aromatic amines is 1. The van der Waals surface area contributed by atoms with Crippen LogP contribution in [-0.2, 0) is 0 Å². The summed E-state index contributed by atoms with van der Waals surface area (Å²) >= 11 is 5.73. The van der Waals surface area contributed by atoms with E-state index < -0.39 is 0 Å². The van der Waals surface area contributed by atoms with E-state index in [1.807, 2.05) is 13.8 Å². The summed E-state index contributed by atoms with van der Waals surface area (Å²) in [5, 5.41) is 0.633. The van der Waals surface area contributed by atoms with Crippen molar-refractivity contribution in [1.82, 2.24) is 4.98 Å². The van der Waals surface area contributed by atoms with Crippen LogP contribution in [0.15, 0.2) is 12.3 Å². The first kappa shape index (κ1) is 7.48. The maximum atomic E-state index is 5.73. The highest BCUT2D eigenvalue weighted by molar-refractivity contribution is 6.31. The van der Waals surface area contributed by atoms with Crippen molar-refractivity contribution in [2.45, 2.75) is 20.0 Å². The van der Waals surface area contributed by atoms with E-state index in [9.17, 15) is 0 Å². The molecule has 1 aromatic heterocycles. The molecule has 0 amide bonds. The standard InChI is InChI=1S/C7H10ClNO/c1-5(2)10-7-6(8)3-4-9-7/h3-5,9H,1-2H3. The molecule has 0 spiro atoms. The number of nitrogens with one attached hydrogen (secondary N) is 1. The van der Waals surface area contributed by atoms with Gasteiger partial charge >= 0.3 is 0 Å². The predicted molar refractivity (Wildman–Crippen MR) is 41.6 cm³/mol. The van der Waals surface area contributed by atoms with Crippen LogP contribution in [0.25, 0.3) is 0 Å². The number of aromatic nitrogens is 1. The van der Waals surface area contributed by atoms with E-state index in [4.69, 9.17) is 16.3 Å². The molecular formula is C7H10ClNO. The van der Waals surface area contributed by atoms with Gasteiger partial charge in [0, 0.05) is 6.20 Å². The van der Waals surface area contributed by atoms with Crippen LogP contribution in [0.1, 0.15) is 13.8 Å². The van der Waals surface area contributed by atoms with Crippen LogP contribution in [0.3, 0.4) is 0 Å². The van der Waals surface area contributed by atoms with Crippen LogP contribution in [0, 0.1) is 0 Å². The van der Waals surface area contributed by atoms with E-state index in [0.29, 0.717) is 10.9 Å². The van der Waals surface area contributed by atoms with Gasteiger partial charge in [0.15, 0.2) is 0 Å². The van der Waals surface area contributed by atoms with E-state index in [0.717, 1.165) is 0 Å². The molecule has 0 saturated carbocycles. The van der Waals surface area contributed by atoms with E-state index in [1.165, 1.54) is 0 Å². The Hall–Kier alpha value is -0.630. The number of H-pyrrole nitrogens is 1. The second-order valence-electron chi connectivity index (χ2n) is 2.32. The lowest BCUT2D eigenvalue weighted by atomic mass is 10.5. The highest BCUT2D eigenvalue weighted by Crippen LogP contribution is 2.21. The molecule has 0 aromatic carbocycles. The Bertz CT molecular complexity index is 207. The molecule has 0 saturated heterocycles. The van der Waals surface area contributed by atoms with Gasteiger partial charge in [0.05, 0.1) is 6.10 Å². The molecule has 1 aromatic rings. The molecule has 0 bridgehead atoms. The normalized spacial score (nSPS) is 10.4. The lowest BCUT2D eigenvalue weighted by molar-refractivity contribution is 0.234. The number of rotatable bonds is 2. The quantitative estimate of drug-likeness (QED) is 0.705. The molecule has 1 rings (SSSR count). The zero-order valence-electron chi connectivity index (χ0n) is 6.02. The number of hydrogen-bond donors (Lipinski definition) is 1. The van der Waals surface area contributed by atoms with Crippen LogP contribution >= 0.6 is 11.6 Å². The Morgan fingerprint density at radius 2 is 2.30 bits per heavy atom. The van der Waals surface area contributed by atoms with E-state index in [1.54, 1.807) is 12.3 Å². The van der Waals surface area contributed by atoms with Gasteiger partial charge in [-0.3, -0.25) is 0 Å². The van der Waals surface area contributed by atoms with Gasteiger partial charge < -0.3 is 9.72 Å². The van der Waals surface area contributed by atoms with Crippen molar-refractivity contribution in [2.75, 3.05) is 0 Å². The van der Waals surface area contributed by atoms with Crippen LogP contribution in [0.4, 0.5) is 0 Å². The van der Waals surface area contributed by atoms with Crippen molar-refractivity contribution in [2.24, 2.45) is 0 Å². The van der Waals surface area contributed by atoms with Gasteiger partial charge in [0.2, 0.25) is 5.88 Å². The molecule has 0 radical (unpaired) electrons. The monoisotopic (exact) mass is 159 g/mol. The fourth-order valence-corrected chi connectivity index (χ4v) is 0.823. The maximum absolute atomic E-state index is 5.73. The molecule has 0 atom stereocenters. The molecule has 1 heterocycles. The first-order valence-electron chi connectivity index (χ1n) is 3.19. The van der Waals surface area contributed by atoms with Crippen LogP contribution in [-0.4, -0.2) is 11.1 Å². The Balaban J connectivity index is 2.65. The summed E-state index contributed by atoms with van der Waals surface area (Å²) in [7, 11) is 0. The number of ether oxygens (including phenoxy) is 1. The van der Waals surface area contributed by atoms with Gasteiger partial charge in [-0.25, -0.2) is 0 Å². The summed E-state index contributed by atoms with van der Waals surface area (Å²) < 4.78 is 5.30. The first-order chi connectivity index (χ1) is 4.70. The molecule has 2 nitrogen and oxygen atoms in total. The van der Waals surface area contributed by atoms with Crippen molar-refractivity contribution >= 4 is 11.6 Å². The average Bonchev–Trinajstić information content (AvgIpc) is 2.15. The van der Waals surface area contributed by atoms with Crippen molar-refractivity contribution in [3.63, 3.8) is 0 Å². The number of halogens is 1. The highest BCUT2D eigenvalue weighted by Gasteiger charge is 2.02. The summed E-state index contributed by atoms with van der Waals surface area (Å²) in [6, 6.07) is 1.76. The van der Waals surface area contributed by atoms with Crippen molar-refractivity contribution in [1.29, 1.82) is 0 Å². The fraction of sp³-hybridized carbons (Fsp3) is 0.429. The highest BCUT2D eigenvalue weighted by atomic mass is 35.5. The lowest BCUT2D eigenvalue weighted by Gasteiger charge is -2.06. The zero-order chi connectivity index (χ0) is 7.56. The summed E-state index contributed by atoms with van der Waals surface area (Å²) in [6.45, 7) is 3.91. The molecule has 10 heavy (non-hydrogen) atoms. The van der Waals surface area contributed by atoms with Gasteiger partial charge in [-0.2, -0.15) is 0 Å². The third-order valence-corrected chi connectivity index (χ3v) is 1.31. The van der Waals surface area contributed by atoms with Gasteiger partial charge in [-0.05, 0) is 19.9 Å². The predicted octanol–water partition coefficient (Wildman–Crippen LogP) is 2.46. The van der Waals surface area contributed by atoms with Crippen molar-refractivity contribution in [3.8, 4) is 5.88 Å². The van der Waals surface area contributed by atoms with E-state index >= 15 is 0 Å². The molecule has 0 fully saturated rings. The van der Waals surface area contributed by atoms with Gasteiger partial charge in [0.1, 0.15) is 5.02 Å². The summed E-state index contributed by atoms with van der Waals surface area (Å²) in [4.78, 5) is 2.88. The van der Waals surface area contributed by atoms with Crippen molar-refractivity contribution in [3.05, 3.63) is 17.3 Å². The minimum absolute atomic E-state index is 0.163. The van der Waals surface area contributed by atoms with Crippen LogP contribution < -0.4 is 4.74 Å². The second kappa shape index (κ2) is 2.97. The van der Waals surface area contributed by atoms with Crippen LogP contribution in [0.2, 0.25) is 5.02 Å². The molecule has 0 aliphatic carbocycles. The number of hydrogen-bond acceptors (Lipinski definition) is 1. The SMILES string of the molecule is CC(C)Oc1[nH]ccc1Cl. The summed E-state index contributed by atoms with van der Waals surface area (Å²) in [5.41, 5.74) is 0. The maximum Gasteiger partial charge on any atom is 0.210 e. The molecular weight excluding hydrogens is 150 g/mol. The Labute approximate surface area is 65.2 Å². The topological polar surface area (TPSA) is 25.0 Å². The first-order valence-corrected chi connectivity index (χ1v) is 3.57. The smallest absolute Gasteiger partial charge is 0.210 e. The van der Waals surface area contributed by atoms with E-state index in [-0.39, 0.29) is 6.10 Å². The van der Waals surface area contributed by atoms with Crippen LogP contribution in [0.5, 0.6) is 5.88 Å². The average molecular weight is 160 g/mol. The Kier molecular flexibility index (Phi) is 2.22. The minimum atomic E-state index is 0.163. The largest absolute Gasteiger partial charge is 0.475 e. The Morgan fingerprint density at radius 1 is 1.60 bits per heavy atom. The molecule has 0 aliphatic rings. The molecule has 0 aliphatic heterocycles. The third kappa shape index (κ3) is 1.67.